The third-order valence-corrected chi connectivity index (χ3v) is 6.54. The van der Waals surface area contributed by atoms with Crippen molar-refractivity contribution in [1.82, 2.24) is 10.6 Å². The summed E-state index contributed by atoms with van der Waals surface area (Å²) >= 11 is 0. The average molecular weight is 398 g/mol. The maximum absolute atomic E-state index is 12.2. The lowest BCUT2D eigenvalue weighted by molar-refractivity contribution is 0.240. The van der Waals surface area contributed by atoms with Gasteiger partial charge in [0, 0.05) is 18.7 Å². The zero-order valence-electron chi connectivity index (χ0n) is 17.7. The minimum absolute atomic E-state index is 0.0627. The van der Waals surface area contributed by atoms with Crippen LogP contribution in [0, 0.1) is 6.92 Å². The maximum Gasteiger partial charge on any atom is 0.191 e. The van der Waals surface area contributed by atoms with Crippen molar-refractivity contribution in [3.05, 3.63) is 29.3 Å². The minimum Gasteiger partial charge on any atom is -0.491 e. The number of hydrogen-bond donors (Lipinski definition) is 2. The Balaban J connectivity index is 2.83. The minimum atomic E-state index is -3.17. The Labute approximate surface area is 164 Å². The quantitative estimate of drug-likeness (QED) is 0.521. The van der Waals surface area contributed by atoms with Gasteiger partial charge in [-0.1, -0.05) is 12.1 Å². The van der Waals surface area contributed by atoms with Crippen molar-refractivity contribution in [3.8, 4) is 5.75 Å². The van der Waals surface area contributed by atoms with Crippen LogP contribution in [0.2, 0.25) is 0 Å². The van der Waals surface area contributed by atoms with Crippen molar-refractivity contribution in [1.29, 1.82) is 0 Å². The molecule has 154 valence electrons. The van der Waals surface area contributed by atoms with Gasteiger partial charge in [0.25, 0.3) is 0 Å². The van der Waals surface area contributed by atoms with Crippen LogP contribution in [-0.4, -0.2) is 44.1 Å². The second kappa shape index (κ2) is 9.97. The molecule has 0 aliphatic carbocycles. The fourth-order valence-corrected chi connectivity index (χ4v) is 3.26. The SMILES string of the molecule is CCNC(=NCc1ccc(C)cc1OC(C)C)NCCS(=O)(=O)C(C)(C)C. The number of ether oxygens (including phenoxy) is 1. The van der Waals surface area contributed by atoms with E-state index in [1.165, 1.54) is 0 Å². The van der Waals surface area contributed by atoms with E-state index >= 15 is 0 Å². The summed E-state index contributed by atoms with van der Waals surface area (Å²) in [6, 6.07) is 6.07. The number of hydrogen-bond acceptors (Lipinski definition) is 4. The summed E-state index contributed by atoms with van der Waals surface area (Å²) in [5.74, 6) is 1.49. The largest absolute Gasteiger partial charge is 0.491 e. The van der Waals surface area contributed by atoms with E-state index in [1.54, 1.807) is 20.8 Å². The number of nitrogens with zero attached hydrogens (tertiary/aromatic N) is 1. The van der Waals surface area contributed by atoms with Gasteiger partial charge in [-0.2, -0.15) is 0 Å². The molecule has 0 fully saturated rings. The normalized spacial score (nSPS) is 13.0. The monoisotopic (exact) mass is 397 g/mol. The molecule has 0 radical (unpaired) electrons. The van der Waals surface area contributed by atoms with Crippen molar-refractivity contribution in [2.45, 2.75) is 65.9 Å². The van der Waals surface area contributed by atoms with Gasteiger partial charge < -0.3 is 15.4 Å². The Morgan fingerprint density at radius 2 is 1.89 bits per heavy atom. The zero-order valence-corrected chi connectivity index (χ0v) is 18.5. The molecule has 0 spiro atoms. The molecule has 0 saturated heterocycles. The van der Waals surface area contributed by atoms with Gasteiger partial charge in [0.1, 0.15) is 5.75 Å². The number of benzene rings is 1. The fraction of sp³-hybridized carbons (Fsp3) is 0.650. The van der Waals surface area contributed by atoms with Crippen LogP contribution in [0.25, 0.3) is 0 Å². The Kier molecular flexibility index (Phi) is 8.59. The molecular weight excluding hydrogens is 362 g/mol. The molecule has 1 aromatic carbocycles. The Morgan fingerprint density at radius 3 is 2.44 bits per heavy atom. The molecule has 0 aliphatic rings. The molecule has 7 heteroatoms. The van der Waals surface area contributed by atoms with Gasteiger partial charge in [0.15, 0.2) is 15.8 Å². The van der Waals surface area contributed by atoms with Crippen molar-refractivity contribution in [3.63, 3.8) is 0 Å². The first kappa shape index (κ1) is 23.3. The third-order valence-electron chi connectivity index (χ3n) is 3.93. The number of aliphatic imine (C=N–C) groups is 1. The van der Waals surface area contributed by atoms with E-state index in [-0.39, 0.29) is 11.9 Å². The highest BCUT2D eigenvalue weighted by molar-refractivity contribution is 7.92. The van der Waals surface area contributed by atoms with Crippen molar-refractivity contribution in [2.24, 2.45) is 4.99 Å². The molecular formula is C20H35N3O3S. The molecule has 0 amide bonds. The molecule has 0 atom stereocenters. The van der Waals surface area contributed by atoms with Crippen LogP contribution in [0.5, 0.6) is 5.75 Å². The second-order valence-electron chi connectivity index (χ2n) is 7.83. The Hall–Kier alpha value is -1.76. The summed E-state index contributed by atoms with van der Waals surface area (Å²) in [6.45, 7) is 14.6. The molecule has 0 unspecified atom stereocenters. The first-order valence-electron chi connectivity index (χ1n) is 9.47. The highest BCUT2D eigenvalue weighted by Crippen LogP contribution is 2.22. The summed E-state index contributed by atoms with van der Waals surface area (Å²) in [4.78, 5) is 4.58. The summed E-state index contributed by atoms with van der Waals surface area (Å²) in [6.07, 6.45) is 0.0866. The van der Waals surface area contributed by atoms with E-state index in [2.05, 4.69) is 15.6 Å². The summed E-state index contributed by atoms with van der Waals surface area (Å²) in [7, 11) is -3.17. The van der Waals surface area contributed by atoms with Gasteiger partial charge in [-0.3, -0.25) is 0 Å². The fourth-order valence-electron chi connectivity index (χ4n) is 2.27. The van der Waals surface area contributed by atoms with E-state index in [4.69, 9.17) is 4.74 Å². The standard InChI is InChI=1S/C20H35N3O3S/c1-8-21-19(22-11-12-27(24,25)20(5,6)7)23-14-17-10-9-16(4)13-18(17)26-15(2)3/h9-10,13,15H,8,11-12,14H2,1-7H3,(H2,21,22,23). The van der Waals surface area contributed by atoms with Gasteiger partial charge in [-0.25, -0.2) is 13.4 Å². The van der Waals surface area contributed by atoms with Crippen LogP contribution in [0.3, 0.4) is 0 Å². The van der Waals surface area contributed by atoms with Crippen LogP contribution < -0.4 is 15.4 Å². The Bertz CT molecular complexity index is 735. The molecule has 0 saturated carbocycles. The lowest BCUT2D eigenvalue weighted by atomic mass is 10.1. The van der Waals surface area contributed by atoms with Gasteiger partial charge in [0.2, 0.25) is 0 Å². The van der Waals surface area contributed by atoms with Gasteiger partial charge in [-0.05, 0) is 60.1 Å². The number of rotatable bonds is 8. The maximum atomic E-state index is 12.2. The molecule has 0 bridgehead atoms. The smallest absolute Gasteiger partial charge is 0.191 e. The molecule has 1 aromatic rings. The van der Waals surface area contributed by atoms with E-state index < -0.39 is 14.6 Å². The van der Waals surface area contributed by atoms with Crippen molar-refractivity contribution >= 4 is 15.8 Å². The number of aryl methyl sites for hydroxylation is 1. The van der Waals surface area contributed by atoms with Gasteiger partial charge in [-0.15, -0.1) is 0 Å². The molecule has 27 heavy (non-hydrogen) atoms. The zero-order chi connectivity index (χ0) is 20.7. The van der Waals surface area contributed by atoms with Crippen LogP contribution >= 0.6 is 0 Å². The molecule has 1 rings (SSSR count). The molecule has 6 nitrogen and oxygen atoms in total. The first-order chi connectivity index (χ1) is 12.5. The molecule has 0 aliphatic heterocycles. The average Bonchev–Trinajstić information content (AvgIpc) is 2.52. The summed E-state index contributed by atoms with van der Waals surface area (Å²) in [5, 5.41) is 6.26. The molecule has 0 aromatic heterocycles. The number of nitrogens with one attached hydrogen (secondary N) is 2. The topological polar surface area (TPSA) is 79.8 Å². The van der Waals surface area contributed by atoms with E-state index in [9.17, 15) is 8.42 Å². The van der Waals surface area contributed by atoms with E-state index in [0.29, 0.717) is 25.6 Å². The van der Waals surface area contributed by atoms with Crippen LogP contribution in [0.1, 0.15) is 52.7 Å². The van der Waals surface area contributed by atoms with Crippen molar-refractivity contribution in [2.75, 3.05) is 18.8 Å². The first-order valence-corrected chi connectivity index (χ1v) is 11.1. The van der Waals surface area contributed by atoms with Gasteiger partial charge in [0.05, 0.1) is 23.1 Å². The highest BCUT2D eigenvalue weighted by atomic mass is 32.2. The van der Waals surface area contributed by atoms with E-state index in [1.807, 2.05) is 45.9 Å². The molecule has 2 N–H and O–H groups in total. The number of guanidine groups is 1. The lowest BCUT2D eigenvalue weighted by Gasteiger charge is -2.20. The van der Waals surface area contributed by atoms with Crippen LogP contribution in [0.15, 0.2) is 23.2 Å². The third kappa shape index (κ3) is 7.79. The van der Waals surface area contributed by atoms with Crippen LogP contribution in [0.4, 0.5) is 0 Å². The summed E-state index contributed by atoms with van der Waals surface area (Å²) in [5.41, 5.74) is 2.13. The highest BCUT2D eigenvalue weighted by Gasteiger charge is 2.28. The van der Waals surface area contributed by atoms with E-state index in [0.717, 1.165) is 16.9 Å². The second-order valence-corrected chi connectivity index (χ2v) is 10.7. The number of sulfone groups is 1. The molecule has 0 heterocycles. The predicted molar refractivity (Wildman–Crippen MR) is 113 cm³/mol. The summed E-state index contributed by atoms with van der Waals surface area (Å²) < 4.78 is 29.6. The van der Waals surface area contributed by atoms with Crippen molar-refractivity contribution < 1.29 is 13.2 Å². The van der Waals surface area contributed by atoms with Crippen LogP contribution in [-0.2, 0) is 16.4 Å². The lowest BCUT2D eigenvalue weighted by Crippen LogP contribution is -2.41. The predicted octanol–water partition coefficient (Wildman–Crippen LogP) is 3.05. The Morgan fingerprint density at radius 1 is 1.22 bits per heavy atom. The van der Waals surface area contributed by atoms with Gasteiger partial charge >= 0.3 is 0 Å².